The van der Waals surface area contributed by atoms with Crippen LogP contribution in [-0.4, -0.2) is 38.3 Å². The molecule has 130 valence electrons. The number of pyridine rings is 1. The third kappa shape index (κ3) is 2.91. The van der Waals surface area contributed by atoms with E-state index in [1.807, 2.05) is 36.4 Å². The highest BCUT2D eigenvalue weighted by atomic mass is 16.5. The Morgan fingerprint density at radius 2 is 1.77 bits per heavy atom. The molecule has 1 aliphatic rings. The Labute approximate surface area is 153 Å². The molecule has 26 heavy (non-hydrogen) atoms. The van der Waals surface area contributed by atoms with Crippen LogP contribution in [0.4, 0.5) is 11.4 Å². The second-order valence-corrected chi connectivity index (χ2v) is 6.33. The molecule has 0 aliphatic carbocycles. The molecule has 1 aromatic heterocycles. The van der Waals surface area contributed by atoms with Gasteiger partial charge >= 0.3 is 0 Å². The summed E-state index contributed by atoms with van der Waals surface area (Å²) in [7, 11) is 1.69. The number of hydrogen-bond acceptors (Lipinski definition) is 5. The van der Waals surface area contributed by atoms with E-state index < -0.39 is 0 Å². The lowest BCUT2D eigenvalue weighted by Gasteiger charge is -2.38. The third-order valence-electron chi connectivity index (χ3n) is 4.88. The number of aromatic nitrogens is 1. The molecule has 4 rings (SSSR count). The number of ether oxygens (including phenoxy) is 1. The highest BCUT2D eigenvalue weighted by molar-refractivity contribution is 5.94. The molecule has 2 aromatic carbocycles. The van der Waals surface area contributed by atoms with E-state index in [1.165, 1.54) is 5.69 Å². The lowest BCUT2D eigenvalue weighted by Crippen LogP contribution is -2.46. The van der Waals surface area contributed by atoms with Gasteiger partial charge < -0.3 is 14.5 Å². The molecular formula is C21H20N4O. The highest BCUT2D eigenvalue weighted by Crippen LogP contribution is 2.31. The monoisotopic (exact) mass is 344 g/mol. The van der Waals surface area contributed by atoms with Crippen molar-refractivity contribution in [3.63, 3.8) is 0 Å². The van der Waals surface area contributed by atoms with Crippen LogP contribution in [-0.2, 0) is 0 Å². The molecule has 0 atom stereocenters. The van der Waals surface area contributed by atoms with Gasteiger partial charge in [0, 0.05) is 49.5 Å². The Balaban J connectivity index is 1.60. The quantitative estimate of drug-likeness (QED) is 0.728. The first kappa shape index (κ1) is 16.2. The molecule has 0 N–H and O–H groups in total. The largest absolute Gasteiger partial charge is 0.497 e. The number of piperazine rings is 1. The van der Waals surface area contributed by atoms with Crippen molar-refractivity contribution in [3.8, 4) is 11.8 Å². The van der Waals surface area contributed by atoms with Gasteiger partial charge in [-0.2, -0.15) is 5.26 Å². The average Bonchev–Trinajstić information content (AvgIpc) is 2.73. The molecule has 0 radical (unpaired) electrons. The van der Waals surface area contributed by atoms with Crippen molar-refractivity contribution in [3.05, 3.63) is 60.3 Å². The van der Waals surface area contributed by atoms with Crippen molar-refractivity contribution < 1.29 is 4.74 Å². The zero-order valence-electron chi connectivity index (χ0n) is 14.7. The van der Waals surface area contributed by atoms with Crippen LogP contribution in [0.2, 0.25) is 0 Å². The molecule has 0 amide bonds. The van der Waals surface area contributed by atoms with Crippen molar-refractivity contribution in [2.75, 3.05) is 43.1 Å². The second-order valence-electron chi connectivity index (χ2n) is 6.33. The summed E-state index contributed by atoms with van der Waals surface area (Å²) in [6.45, 7) is 3.52. The first-order valence-corrected chi connectivity index (χ1v) is 8.72. The van der Waals surface area contributed by atoms with Gasteiger partial charge in [-0.3, -0.25) is 4.98 Å². The summed E-state index contributed by atoms with van der Waals surface area (Å²) in [5, 5.41) is 10.6. The number of fused-ring (bicyclic) bond motifs is 1. The molecule has 5 nitrogen and oxygen atoms in total. The summed E-state index contributed by atoms with van der Waals surface area (Å²) in [6.07, 6.45) is 1.69. The predicted octanol–water partition coefficient (Wildman–Crippen LogP) is 3.44. The van der Waals surface area contributed by atoms with Gasteiger partial charge in [0.15, 0.2) is 0 Å². The lowest BCUT2D eigenvalue weighted by atomic mass is 10.1. The van der Waals surface area contributed by atoms with E-state index in [1.54, 1.807) is 13.3 Å². The molecule has 3 aromatic rings. The summed E-state index contributed by atoms with van der Waals surface area (Å²) in [5.74, 6) is 0.872. The van der Waals surface area contributed by atoms with Crippen LogP contribution < -0.4 is 14.5 Å². The molecule has 2 heterocycles. The molecule has 0 unspecified atom stereocenters. The maximum Gasteiger partial charge on any atom is 0.120 e. The summed E-state index contributed by atoms with van der Waals surface area (Å²) in [6, 6.07) is 18.5. The standard InChI is InChI=1S/C21H20N4O/c1-26-18-6-4-5-17(13-18)24-9-11-25(12-10-24)21-16(14-22)15-23-20-8-3-2-7-19(20)21/h2-8,13,15H,9-12H2,1H3. The maximum absolute atomic E-state index is 9.56. The van der Waals surface area contributed by atoms with E-state index in [0.717, 1.165) is 48.5 Å². The summed E-state index contributed by atoms with van der Waals surface area (Å²) >= 11 is 0. The minimum Gasteiger partial charge on any atom is -0.497 e. The normalized spacial score (nSPS) is 14.3. The number of nitriles is 1. The smallest absolute Gasteiger partial charge is 0.120 e. The Kier molecular flexibility index (Phi) is 4.32. The number of para-hydroxylation sites is 1. The third-order valence-corrected chi connectivity index (χ3v) is 4.88. The summed E-state index contributed by atoms with van der Waals surface area (Å²) in [5.41, 5.74) is 3.74. The molecule has 1 aliphatic heterocycles. The van der Waals surface area contributed by atoms with E-state index in [9.17, 15) is 5.26 Å². The number of methoxy groups -OCH3 is 1. The number of benzene rings is 2. The van der Waals surface area contributed by atoms with Crippen LogP contribution in [0.3, 0.4) is 0 Å². The fourth-order valence-corrected chi connectivity index (χ4v) is 3.54. The van der Waals surface area contributed by atoms with Crippen LogP contribution in [0.1, 0.15) is 5.56 Å². The van der Waals surface area contributed by atoms with Gasteiger partial charge in [-0.25, -0.2) is 0 Å². The second kappa shape index (κ2) is 6.93. The number of nitrogens with zero attached hydrogens (tertiary/aromatic N) is 4. The van der Waals surface area contributed by atoms with Crippen LogP contribution in [0.25, 0.3) is 10.9 Å². The number of rotatable bonds is 3. The van der Waals surface area contributed by atoms with E-state index in [0.29, 0.717) is 5.56 Å². The van der Waals surface area contributed by atoms with Crippen molar-refractivity contribution >= 4 is 22.3 Å². The Bertz CT molecular complexity index is 971. The van der Waals surface area contributed by atoms with Gasteiger partial charge in [-0.15, -0.1) is 0 Å². The van der Waals surface area contributed by atoms with Crippen LogP contribution >= 0.6 is 0 Å². The van der Waals surface area contributed by atoms with Crippen molar-refractivity contribution in [1.82, 2.24) is 4.98 Å². The Morgan fingerprint density at radius 1 is 1.00 bits per heavy atom. The molecule has 1 saturated heterocycles. The van der Waals surface area contributed by atoms with Crippen LogP contribution in [0.15, 0.2) is 54.7 Å². The Morgan fingerprint density at radius 3 is 2.54 bits per heavy atom. The fourth-order valence-electron chi connectivity index (χ4n) is 3.54. The van der Waals surface area contributed by atoms with Crippen LogP contribution in [0, 0.1) is 11.3 Å². The van der Waals surface area contributed by atoms with E-state index >= 15 is 0 Å². The van der Waals surface area contributed by atoms with Crippen molar-refractivity contribution in [2.24, 2.45) is 0 Å². The van der Waals surface area contributed by atoms with E-state index in [4.69, 9.17) is 4.74 Å². The predicted molar refractivity (Wildman–Crippen MR) is 104 cm³/mol. The average molecular weight is 344 g/mol. The molecule has 0 saturated carbocycles. The minimum absolute atomic E-state index is 0.638. The van der Waals surface area contributed by atoms with Gasteiger partial charge in [0.1, 0.15) is 11.8 Å². The van der Waals surface area contributed by atoms with Crippen molar-refractivity contribution in [1.29, 1.82) is 5.26 Å². The van der Waals surface area contributed by atoms with Crippen LogP contribution in [0.5, 0.6) is 5.75 Å². The van der Waals surface area contributed by atoms with E-state index in [-0.39, 0.29) is 0 Å². The van der Waals surface area contributed by atoms with Gasteiger partial charge in [-0.05, 0) is 18.2 Å². The fraction of sp³-hybridized carbons (Fsp3) is 0.238. The van der Waals surface area contributed by atoms with Gasteiger partial charge in [0.25, 0.3) is 0 Å². The minimum atomic E-state index is 0.638. The van der Waals surface area contributed by atoms with Crippen molar-refractivity contribution in [2.45, 2.75) is 0 Å². The molecule has 1 fully saturated rings. The topological polar surface area (TPSA) is 52.4 Å². The number of anilines is 2. The van der Waals surface area contributed by atoms with Gasteiger partial charge in [-0.1, -0.05) is 24.3 Å². The first-order valence-electron chi connectivity index (χ1n) is 8.72. The highest BCUT2D eigenvalue weighted by Gasteiger charge is 2.22. The molecule has 0 bridgehead atoms. The SMILES string of the molecule is COc1cccc(N2CCN(c3c(C#N)cnc4ccccc34)CC2)c1. The molecular weight excluding hydrogens is 324 g/mol. The summed E-state index contributed by atoms with van der Waals surface area (Å²) in [4.78, 5) is 9.08. The van der Waals surface area contributed by atoms with Gasteiger partial charge in [0.05, 0.1) is 23.9 Å². The van der Waals surface area contributed by atoms with E-state index in [2.05, 4.69) is 33.0 Å². The summed E-state index contributed by atoms with van der Waals surface area (Å²) < 4.78 is 5.33. The van der Waals surface area contributed by atoms with Gasteiger partial charge in [0.2, 0.25) is 0 Å². The molecule has 5 heteroatoms. The first-order chi connectivity index (χ1) is 12.8. The zero-order valence-corrected chi connectivity index (χ0v) is 14.7. The lowest BCUT2D eigenvalue weighted by molar-refractivity contribution is 0.414. The Hall–Kier alpha value is -3.26. The molecule has 0 spiro atoms. The number of hydrogen-bond donors (Lipinski definition) is 0. The maximum atomic E-state index is 9.56. The zero-order chi connectivity index (χ0) is 17.9.